The van der Waals surface area contributed by atoms with E-state index in [4.69, 9.17) is 15.2 Å². The predicted octanol–water partition coefficient (Wildman–Crippen LogP) is 1.64. The van der Waals surface area contributed by atoms with Gasteiger partial charge in [-0.15, -0.1) is 5.92 Å². The molecule has 0 unspecified atom stereocenters. The second-order valence-corrected chi connectivity index (χ2v) is 3.94. The lowest BCUT2D eigenvalue weighted by atomic mass is 10.2. The van der Waals surface area contributed by atoms with Crippen molar-refractivity contribution in [3.05, 3.63) is 29.8 Å². The molecule has 0 radical (unpaired) electrons. The van der Waals surface area contributed by atoms with E-state index in [0.29, 0.717) is 30.8 Å². The van der Waals surface area contributed by atoms with Crippen molar-refractivity contribution in [2.24, 2.45) is 5.73 Å². The molecule has 0 aromatic heterocycles. The normalized spacial score (nSPS) is 8.33. The second kappa shape index (κ2) is 18.7. The predicted molar refractivity (Wildman–Crippen MR) is 96.1 cm³/mol. The maximum absolute atomic E-state index is 10.9. The van der Waals surface area contributed by atoms with Crippen molar-refractivity contribution in [1.29, 1.82) is 0 Å². The van der Waals surface area contributed by atoms with Gasteiger partial charge >= 0.3 is 0 Å². The summed E-state index contributed by atoms with van der Waals surface area (Å²) in [4.78, 5) is 20.8. The number of aldehydes is 1. The fourth-order valence-electron chi connectivity index (χ4n) is 1.27. The first-order chi connectivity index (χ1) is 11.7. The molecule has 1 rings (SSSR count). The maximum atomic E-state index is 10.9. The number of nitrogens with one attached hydrogen (secondary N) is 1. The molecule has 0 aliphatic carbocycles. The molecule has 0 fully saturated rings. The molecule has 1 amide bonds. The van der Waals surface area contributed by atoms with Gasteiger partial charge in [0.1, 0.15) is 25.2 Å². The summed E-state index contributed by atoms with van der Waals surface area (Å²) in [7, 11) is 1.88. The van der Waals surface area contributed by atoms with Gasteiger partial charge in [0.2, 0.25) is 5.91 Å². The third-order valence-electron chi connectivity index (χ3n) is 2.24. The number of rotatable bonds is 8. The minimum absolute atomic E-state index is 0.0602. The van der Waals surface area contributed by atoms with E-state index in [1.165, 1.54) is 0 Å². The summed E-state index contributed by atoms with van der Waals surface area (Å²) in [6, 6.07) is 6.56. The highest BCUT2D eigenvalue weighted by atomic mass is 16.5. The Morgan fingerprint density at radius 2 is 2.04 bits per heavy atom. The summed E-state index contributed by atoms with van der Waals surface area (Å²) < 4.78 is 10.2. The van der Waals surface area contributed by atoms with Crippen molar-refractivity contribution in [2.45, 2.75) is 20.8 Å². The third kappa shape index (κ3) is 14.6. The van der Waals surface area contributed by atoms with Gasteiger partial charge in [-0.3, -0.25) is 4.79 Å². The Hall–Kier alpha value is -2.36. The summed E-state index contributed by atoms with van der Waals surface area (Å²) in [5.41, 5.74) is 5.51. The second-order valence-electron chi connectivity index (χ2n) is 3.94. The lowest BCUT2D eigenvalue weighted by Gasteiger charge is -2.06. The number of hydrogen-bond donors (Lipinski definition) is 2. The molecule has 0 saturated carbocycles. The molecule has 0 bridgehead atoms. The van der Waals surface area contributed by atoms with Crippen LogP contribution >= 0.6 is 0 Å². The minimum Gasteiger partial charge on any atom is -0.491 e. The number of nitrogens with two attached hydrogens (primary N) is 1. The van der Waals surface area contributed by atoms with Gasteiger partial charge in [-0.2, -0.15) is 0 Å². The monoisotopic (exact) mass is 336 g/mol. The molecule has 0 aliphatic heterocycles. The van der Waals surface area contributed by atoms with Crippen LogP contribution in [-0.2, 0) is 9.53 Å². The van der Waals surface area contributed by atoms with Gasteiger partial charge < -0.3 is 25.3 Å². The molecule has 1 aromatic carbocycles. The summed E-state index contributed by atoms with van der Waals surface area (Å²) in [5.74, 6) is 5.64. The molecule has 1 aromatic rings. The largest absolute Gasteiger partial charge is 0.491 e. The van der Waals surface area contributed by atoms with E-state index in [-0.39, 0.29) is 6.61 Å². The van der Waals surface area contributed by atoms with E-state index in [9.17, 15) is 9.59 Å². The van der Waals surface area contributed by atoms with E-state index in [1.807, 2.05) is 27.8 Å². The molecular weight excluding hydrogens is 308 g/mol. The summed E-state index contributed by atoms with van der Waals surface area (Å²) in [6.45, 7) is 7.33. The topological polar surface area (TPSA) is 90.7 Å². The van der Waals surface area contributed by atoms with Crippen molar-refractivity contribution < 1.29 is 19.1 Å². The first kappa shape index (κ1) is 23.9. The van der Waals surface area contributed by atoms with Crippen LogP contribution in [0, 0.1) is 11.8 Å². The van der Waals surface area contributed by atoms with Crippen molar-refractivity contribution >= 4 is 12.2 Å². The highest BCUT2D eigenvalue weighted by molar-refractivity contribution is 5.93. The van der Waals surface area contributed by atoms with Gasteiger partial charge in [0.25, 0.3) is 0 Å². The van der Waals surface area contributed by atoms with E-state index < -0.39 is 5.91 Å². The number of ether oxygens (including phenoxy) is 2. The van der Waals surface area contributed by atoms with Crippen LogP contribution in [0.1, 0.15) is 31.1 Å². The Bertz CT molecular complexity index is 507. The van der Waals surface area contributed by atoms with Crippen LogP contribution in [-0.4, -0.2) is 45.6 Å². The molecule has 24 heavy (non-hydrogen) atoms. The van der Waals surface area contributed by atoms with Crippen LogP contribution in [0.5, 0.6) is 5.75 Å². The summed E-state index contributed by atoms with van der Waals surface area (Å²) >= 11 is 0. The molecule has 6 heteroatoms. The number of carbonyl (C=O) groups excluding carboxylic acids is 2. The van der Waals surface area contributed by atoms with E-state index in [2.05, 4.69) is 17.2 Å². The van der Waals surface area contributed by atoms with Crippen molar-refractivity contribution in [3.63, 3.8) is 0 Å². The van der Waals surface area contributed by atoms with Gasteiger partial charge in [0.05, 0.1) is 13.2 Å². The summed E-state index contributed by atoms with van der Waals surface area (Å²) in [5, 5.41) is 2.90. The average molecular weight is 336 g/mol. The molecular formula is C18H28N2O4. The third-order valence-corrected chi connectivity index (χ3v) is 2.24. The van der Waals surface area contributed by atoms with Crippen LogP contribution in [0.15, 0.2) is 24.3 Å². The fourth-order valence-corrected chi connectivity index (χ4v) is 1.27. The maximum Gasteiger partial charge on any atom is 0.248 e. The van der Waals surface area contributed by atoms with Crippen LogP contribution < -0.4 is 15.8 Å². The van der Waals surface area contributed by atoms with E-state index >= 15 is 0 Å². The zero-order valence-electron chi connectivity index (χ0n) is 14.9. The average Bonchev–Trinajstić information content (AvgIpc) is 2.62. The van der Waals surface area contributed by atoms with Gasteiger partial charge in [0.15, 0.2) is 0 Å². The first-order valence-corrected chi connectivity index (χ1v) is 7.74. The fraction of sp³-hybridized carbons (Fsp3) is 0.444. The lowest BCUT2D eigenvalue weighted by molar-refractivity contribution is -0.112. The highest BCUT2D eigenvalue weighted by Gasteiger charge is 2.01. The molecule has 0 heterocycles. The van der Waals surface area contributed by atoms with Crippen molar-refractivity contribution in [1.82, 2.24) is 5.32 Å². The molecule has 3 N–H and O–H groups in total. The Kier molecular flexibility index (Phi) is 18.6. The van der Waals surface area contributed by atoms with Crippen LogP contribution in [0.3, 0.4) is 0 Å². The minimum atomic E-state index is -0.498. The molecule has 0 aliphatic rings. The standard InChI is InChI=1S/C11H13NO4.C5H9N.C2H6/c12-11(14)9-2-1-3-10(8-9)16-7-6-15-5-4-13;1-3-4-5-6-2;1-2/h1-4,8H,5-7H2,(H2,12,14);6H,5H2,1-2H3;1-2H3. The Morgan fingerprint density at radius 3 is 2.54 bits per heavy atom. The Morgan fingerprint density at radius 1 is 1.33 bits per heavy atom. The van der Waals surface area contributed by atoms with Crippen LogP contribution in [0.2, 0.25) is 0 Å². The van der Waals surface area contributed by atoms with Gasteiger partial charge in [-0.1, -0.05) is 25.8 Å². The number of primary amides is 1. The molecule has 0 spiro atoms. The van der Waals surface area contributed by atoms with Gasteiger partial charge in [0, 0.05) is 5.56 Å². The van der Waals surface area contributed by atoms with Crippen LogP contribution in [0.25, 0.3) is 0 Å². The van der Waals surface area contributed by atoms with E-state index in [1.54, 1.807) is 24.3 Å². The molecule has 0 saturated heterocycles. The molecule has 0 atom stereocenters. The van der Waals surface area contributed by atoms with Crippen LogP contribution in [0.4, 0.5) is 0 Å². The quantitative estimate of drug-likeness (QED) is 0.428. The zero-order chi connectivity index (χ0) is 18.6. The van der Waals surface area contributed by atoms with E-state index in [0.717, 1.165) is 6.54 Å². The smallest absolute Gasteiger partial charge is 0.248 e. The summed E-state index contributed by atoms with van der Waals surface area (Å²) in [6.07, 6.45) is 0.674. The number of carbonyl (C=O) groups is 2. The molecule has 134 valence electrons. The SMILES string of the molecule is CC.CC#CCNC.NC(=O)c1cccc(OCCOCC=O)c1. The first-order valence-electron chi connectivity index (χ1n) is 7.74. The highest BCUT2D eigenvalue weighted by Crippen LogP contribution is 2.12. The zero-order valence-corrected chi connectivity index (χ0v) is 14.9. The van der Waals surface area contributed by atoms with Crippen molar-refractivity contribution in [3.8, 4) is 17.6 Å². The van der Waals surface area contributed by atoms with Crippen molar-refractivity contribution in [2.75, 3.05) is 33.4 Å². The lowest BCUT2D eigenvalue weighted by Crippen LogP contribution is -2.11. The van der Waals surface area contributed by atoms with Gasteiger partial charge in [-0.25, -0.2) is 0 Å². The number of hydrogen-bond acceptors (Lipinski definition) is 5. The molecule has 6 nitrogen and oxygen atoms in total. The van der Waals surface area contributed by atoms with Gasteiger partial charge in [-0.05, 0) is 32.2 Å². The number of benzene rings is 1. The Balaban J connectivity index is 0. The number of amides is 1. The Labute approximate surface area is 144 Å².